The monoisotopic (exact) mass is 322 g/mol. The molecule has 0 atom stereocenters. The summed E-state index contributed by atoms with van der Waals surface area (Å²) in [4.78, 5) is 12.1. The van der Waals surface area contributed by atoms with E-state index in [1.54, 1.807) is 18.2 Å². The Labute approximate surface area is 139 Å². The number of carbonyl (C=O) groups is 1. The van der Waals surface area contributed by atoms with Gasteiger partial charge in [-0.3, -0.25) is 4.79 Å². The third-order valence-electron chi connectivity index (χ3n) is 3.77. The minimum atomic E-state index is -0.153. The van der Waals surface area contributed by atoms with E-state index in [1.807, 2.05) is 41.2 Å². The van der Waals surface area contributed by atoms with E-state index in [4.69, 9.17) is 0 Å². The third kappa shape index (κ3) is 3.57. The third-order valence-corrected chi connectivity index (χ3v) is 3.77. The Morgan fingerprint density at radius 1 is 0.958 bits per heavy atom. The number of hydrogen-bond donors (Lipinski definition) is 3. The Morgan fingerprint density at radius 2 is 1.67 bits per heavy atom. The summed E-state index contributed by atoms with van der Waals surface area (Å²) in [5.74, 6) is -0.443. The van der Waals surface area contributed by atoms with Gasteiger partial charge in [0.25, 0.3) is 5.91 Å². The van der Waals surface area contributed by atoms with Crippen LogP contribution in [-0.4, -0.2) is 27.2 Å². The molecule has 0 saturated carbocycles. The van der Waals surface area contributed by atoms with E-state index in [2.05, 4.69) is 5.32 Å². The number of carbonyl (C=O) groups excluding carboxylic acids is 1. The van der Waals surface area contributed by atoms with E-state index in [0.717, 1.165) is 11.3 Å². The van der Waals surface area contributed by atoms with Crippen molar-refractivity contribution in [3.63, 3.8) is 0 Å². The molecule has 0 saturated heterocycles. The van der Waals surface area contributed by atoms with Crippen LogP contribution in [0.3, 0.4) is 0 Å². The number of nitrogens with zero attached hydrogens (tertiary/aromatic N) is 1. The van der Waals surface area contributed by atoms with Crippen molar-refractivity contribution >= 4 is 5.91 Å². The zero-order valence-electron chi connectivity index (χ0n) is 13.0. The maximum atomic E-state index is 12.1. The zero-order chi connectivity index (χ0) is 16.9. The summed E-state index contributed by atoms with van der Waals surface area (Å²) < 4.78 is 1.97. The topological polar surface area (TPSA) is 74.5 Å². The highest BCUT2D eigenvalue weighted by Crippen LogP contribution is 2.24. The van der Waals surface area contributed by atoms with Gasteiger partial charge in [-0.05, 0) is 60.5 Å². The fourth-order valence-electron chi connectivity index (χ4n) is 2.44. The Hall–Kier alpha value is -3.21. The number of nitrogens with one attached hydrogen (secondary N) is 1. The second-order valence-corrected chi connectivity index (χ2v) is 5.47. The lowest BCUT2D eigenvalue weighted by atomic mass is 10.1. The van der Waals surface area contributed by atoms with Crippen LogP contribution in [0.25, 0.3) is 5.69 Å². The summed E-state index contributed by atoms with van der Waals surface area (Å²) in [5.41, 5.74) is 2.43. The molecule has 1 amide bonds. The number of aromatic nitrogens is 1. The van der Waals surface area contributed by atoms with Crippen LogP contribution < -0.4 is 5.32 Å². The summed E-state index contributed by atoms with van der Waals surface area (Å²) in [6, 6.07) is 15.9. The Balaban J connectivity index is 1.56. The number of aromatic hydroxyl groups is 2. The van der Waals surface area contributed by atoms with E-state index < -0.39 is 0 Å². The molecule has 5 heteroatoms. The Kier molecular flexibility index (Phi) is 4.52. The van der Waals surface area contributed by atoms with Gasteiger partial charge in [0.15, 0.2) is 11.5 Å². The van der Waals surface area contributed by atoms with Gasteiger partial charge in [-0.15, -0.1) is 0 Å². The first-order valence-corrected chi connectivity index (χ1v) is 7.66. The van der Waals surface area contributed by atoms with Crippen molar-refractivity contribution in [1.82, 2.24) is 9.88 Å². The molecule has 3 rings (SSSR count). The quantitative estimate of drug-likeness (QED) is 0.632. The molecule has 0 unspecified atom stereocenters. The van der Waals surface area contributed by atoms with Gasteiger partial charge >= 0.3 is 0 Å². The average Bonchev–Trinajstić information content (AvgIpc) is 3.13. The average molecular weight is 322 g/mol. The molecule has 3 aromatic rings. The predicted octanol–water partition coefficient (Wildman–Crippen LogP) is 2.86. The van der Waals surface area contributed by atoms with Crippen molar-refractivity contribution < 1.29 is 15.0 Å². The maximum absolute atomic E-state index is 12.1. The first-order valence-electron chi connectivity index (χ1n) is 7.66. The van der Waals surface area contributed by atoms with Crippen LogP contribution in [0, 0.1) is 0 Å². The molecular formula is C19H18N2O3. The molecule has 0 bridgehead atoms. The Morgan fingerprint density at radius 3 is 2.33 bits per heavy atom. The van der Waals surface area contributed by atoms with Gasteiger partial charge in [-0.2, -0.15) is 0 Å². The van der Waals surface area contributed by atoms with E-state index >= 15 is 0 Å². The number of amides is 1. The second-order valence-electron chi connectivity index (χ2n) is 5.47. The molecule has 0 radical (unpaired) electrons. The van der Waals surface area contributed by atoms with Gasteiger partial charge < -0.3 is 20.1 Å². The van der Waals surface area contributed by atoms with Gasteiger partial charge in [-0.25, -0.2) is 0 Å². The van der Waals surface area contributed by atoms with E-state index in [0.29, 0.717) is 18.5 Å². The first-order chi connectivity index (χ1) is 11.6. The van der Waals surface area contributed by atoms with Crippen LogP contribution in [0.2, 0.25) is 0 Å². The molecule has 1 aromatic heterocycles. The molecule has 2 aromatic carbocycles. The van der Waals surface area contributed by atoms with Crippen LogP contribution in [-0.2, 0) is 6.42 Å². The first kappa shape index (κ1) is 15.7. The number of rotatable bonds is 5. The van der Waals surface area contributed by atoms with Crippen molar-refractivity contribution in [2.24, 2.45) is 0 Å². The summed E-state index contributed by atoms with van der Waals surface area (Å²) in [7, 11) is 0. The molecule has 0 aliphatic heterocycles. The van der Waals surface area contributed by atoms with Gasteiger partial charge in [0.05, 0.1) is 0 Å². The molecule has 24 heavy (non-hydrogen) atoms. The predicted molar refractivity (Wildman–Crippen MR) is 91.6 cm³/mol. The minimum Gasteiger partial charge on any atom is -0.504 e. The van der Waals surface area contributed by atoms with E-state index in [9.17, 15) is 15.0 Å². The SMILES string of the molecule is O=C(NCCc1ccc(O)c(O)c1)c1ccc(-n2cccc2)cc1. The zero-order valence-corrected chi connectivity index (χ0v) is 13.0. The van der Waals surface area contributed by atoms with Gasteiger partial charge in [-0.1, -0.05) is 6.07 Å². The lowest BCUT2D eigenvalue weighted by Crippen LogP contribution is -2.25. The van der Waals surface area contributed by atoms with Crippen molar-refractivity contribution in [3.8, 4) is 17.2 Å². The summed E-state index contributed by atoms with van der Waals surface area (Å²) >= 11 is 0. The van der Waals surface area contributed by atoms with E-state index in [-0.39, 0.29) is 17.4 Å². The highest BCUT2D eigenvalue weighted by Gasteiger charge is 2.06. The second kappa shape index (κ2) is 6.91. The maximum Gasteiger partial charge on any atom is 0.251 e. The summed E-state index contributed by atoms with van der Waals surface area (Å²) in [5, 5.41) is 21.6. The highest BCUT2D eigenvalue weighted by atomic mass is 16.3. The smallest absolute Gasteiger partial charge is 0.251 e. The number of phenols is 2. The number of phenolic OH excluding ortho intramolecular Hbond substituents is 2. The largest absolute Gasteiger partial charge is 0.504 e. The van der Waals surface area contributed by atoms with Gasteiger partial charge in [0.1, 0.15) is 0 Å². The number of benzene rings is 2. The van der Waals surface area contributed by atoms with E-state index in [1.165, 1.54) is 12.1 Å². The molecule has 0 aliphatic carbocycles. The van der Waals surface area contributed by atoms with Crippen molar-refractivity contribution in [1.29, 1.82) is 0 Å². The lowest BCUT2D eigenvalue weighted by Gasteiger charge is -2.08. The lowest BCUT2D eigenvalue weighted by molar-refractivity contribution is 0.0954. The number of hydrogen-bond acceptors (Lipinski definition) is 3. The summed E-state index contributed by atoms with van der Waals surface area (Å²) in [6.45, 7) is 0.447. The standard InChI is InChI=1S/C19H18N2O3/c22-17-8-3-14(13-18(17)23)9-10-20-19(24)15-4-6-16(7-5-15)21-11-1-2-12-21/h1-8,11-13,22-23H,9-10H2,(H,20,24). The van der Waals surface area contributed by atoms with Crippen LogP contribution >= 0.6 is 0 Å². The van der Waals surface area contributed by atoms with Crippen molar-refractivity contribution in [3.05, 3.63) is 78.1 Å². The van der Waals surface area contributed by atoms with Gasteiger partial charge in [0.2, 0.25) is 0 Å². The minimum absolute atomic E-state index is 0.142. The van der Waals surface area contributed by atoms with Crippen LogP contribution in [0.5, 0.6) is 11.5 Å². The fraction of sp³-hybridized carbons (Fsp3) is 0.105. The molecule has 3 N–H and O–H groups in total. The highest BCUT2D eigenvalue weighted by molar-refractivity contribution is 5.94. The normalized spacial score (nSPS) is 10.5. The van der Waals surface area contributed by atoms with Crippen LogP contribution in [0.15, 0.2) is 67.0 Å². The molecule has 0 spiro atoms. The molecular weight excluding hydrogens is 304 g/mol. The van der Waals surface area contributed by atoms with Gasteiger partial charge in [0, 0.05) is 30.2 Å². The summed E-state index contributed by atoms with van der Waals surface area (Å²) in [6.07, 6.45) is 4.46. The molecule has 1 heterocycles. The van der Waals surface area contributed by atoms with Crippen LogP contribution in [0.1, 0.15) is 15.9 Å². The molecule has 0 fully saturated rings. The van der Waals surface area contributed by atoms with Crippen LogP contribution in [0.4, 0.5) is 0 Å². The fourth-order valence-corrected chi connectivity index (χ4v) is 2.44. The molecule has 0 aliphatic rings. The Bertz CT molecular complexity index is 824. The van der Waals surface area contributed by atoms with Crippen molar-refractivity contribution in [2.45, 2.75) is 6.42 Å². The molecule has 5 nitrogen and oxygen atoms in total. The molecule has 122 valence electrons. The van der Waals surface area contributed by atoms with Crippen molar-refractivity contribution in [2.75, 3.05) is 6.54 Å².